The van der Waals surface area contributed by atoms with Crippen LogP contribution in [0, 0.1) is 10.1 Å². The SMILES string of the molecule is O=C1NC(=S)N(c2ccc(Cl)cc2)C(=O)/C1=C/c1ccc(Oc2ccc(Cl)cc2)c([N+](=O)[O-])c1. The van der Waals surface area contributed by atoms with Crippen LogP contribution in [0.3, 0.4) is 0 Å². The molecule has 2 amide bonds. The zero-order valence-corrected chi connectivity index (χ0v) is 19.4. The predicted molar refractivity (Wildman–Crippen MR) is 132 cm³/mol. The summed E-state index contributed by atoms with van der Waals surface area (Å²) in [6.45, 7) is 0. The van der Waals surface area contributed by atoms with E-state index in [-0.39, 0.29) is 27.7 Å². The number of rotatable bonds is 5. The molecule has 11 heteroatoms. The van der Waals surface area contributed by atoms with Gasteiger partial charge in [-0.15, -0.1) is 0 Å². The molecule has 1 fully saturated rings. The first kappa shape index (κ1) is 23.4. The van der Waals surface area contributed by atoms with Crippen LogP contribution in [0.25, 0.3) is 6.08 Å². The topological polar surface area (TPSA) is 102 Å². The molecule has 34 heavy (non-hydrogen) atoms. The van der Waals surface area contributed by atoms with Crippen LogP contribution in [-0.2, 0) is 9.59 Å². The van der Waals surface area contributed by atoms with Crippen molar-refractivity contribution in [3.8, 4) is 11.5 Å². The molecule has 0 atom stereocenters. The molecule has 3 aromatic carbocycles. The van der Waals surface area contributed by atoms with Crippen LogP contribution in [0.15, 0.2) is 72.3 Å². The molecule has 0 spiro atoms. The number of carbonyl (C=O) groups is 2. The van der Waals surface area contributed by atoms with Crippen LogP contribution in [0.2, 0.25) is 10.0 Å². The van der Waals surface area contributed by atoms with Gasteiger partial charge in [0.05, 0.1) is 10.6 Å². The number of anilines is 1. The van der Waals surface area contributed by atoms with E-state index in [1.165, 1.54) is 24.3 Å². The average molecular weight is 514 g/mol. The van der Waals surface area contributed by atoms with Gasteiger partial charge in [0.1, 0.15) is 11.3 Å². The van der Waals surface area contributed by atoms with Gasteiger partial charge in [0.25, 0.3) is 11.8 Å². The molecule has 0 aromatic heterocycles. The van der Waals surface area contributed by atoms with E-state index < -0.39 is 16.7 Å². The number of amides is 2. The van der Waals surface area contributed by atoms with Gasteiger partial charge in [-0.25, -0.2) is 0 Å². The lowest BCUT2D eigenvalue weighted by Gasteiger charge is -2.28. The molecule has 0 saturated carbocycles. The zero-order chi connectivity index (χ0) is 24.4. The largest absolute Gasteiger partial charge is 0.450 e. The number of nitro groups is 1. The van der Waals surface area contributed by atoms with E-state index in [0.717, 1.165) is 4.90 Å². The lowest BCUT2D eigenvalue weighted by molar-refractivity contribution is -0.385. The Bertz CT molecular complexity index is 1360. The Labute approximate surface area is 208 Å². The third-order valence-electron chi connectivity index (χ3n) is 4.72. The quantitative estimate of drug-likeness (QED) is 0.158. The van der Waals surface area contributed by atoms with E-state index in [4.69, 9.17) is 40.2 Å². The zero-order valence-electron chi connectivity index (χ0n) is 17.0. The highest BCUT2D eigenvalue weighted by atomic mass is 35.5. The molecule has 0 unspecified atom stereocenters. The molecule has 1 N–H and O–H groups in total. The van der Waals surface area contributed by atoms with Crippen molar-refractivity contribution in [2.24, 2.45) is 0 Å². The molecule has 0 radical (unpaired) electrons. The molecule has 8 nitrogen and oxygen atoms in total. The van der Waals surface area contributed by atoms with Gasteiger partial charge in [-0.3, -0.25) is 29.9 Å². The number of nitrogens with one attached hydrogen (secondary N) is 1. The maximum Gasteiger partial charge on any atom is 0.312 e. The number of nitro benzene ring substituents is 1. The second kappa shape index (κ2) is 9.60. The molecular weight excluding hydrogens is 501 g/mol. The number of hydrogen-bond donors (Lipinski definition) is 1. The van der Waals surface area contributed by atoms with Gasteiger partial charge in [-0.1, -0.05) is 29.3 Å². The Kier molecular flexibility index (Phi) is 6.60. The standard InChI is InChI=1S/C23H13Cl2N3O5S/c24-14-2-6-16(7-3-14)27-22(30)18(21(29)26-23(27)34)11-13-1-10-20(19(12-13)28(31)32)33-17-8-4-15(25)5-9-17/h1-12H,(H,26,29,34)/b18-11+. The van der Waals surface area contributed by atoms with Crippen molar-refractivity contribution >= 4 is 69.8 Å². The summed E-state index contributed by atoms with van der Waals surface area (Å²) >= 11 is 16.9. The van der Waals surface area contributed by atoms with Crippen molar-refractivity contribution in [3.05, 3.63) is 98.0 Å². The monoisotopic (exact) mass is 513 g/mol. The number of nitrogens with zero attached hydrogens (tertiary/aromatic N) is 2. The first-order chi connectivity index (χ1) is 16.2. The summed E-state index contributed by atoms with van der Waals surface area (Å²) < 4.78 is 5.61. The summed E-state index contributed by atoms with van der Waals surface area (Å²) in [5.41, 5.74) is 0.0581. The van der Waals surface area contributed by atoms with Gasteiger partial charge in [0.2, 0.25) is 5.75 Å². The summed E-state index contributed by atoms with van der Waals surface area (Å²) in [5.74, 6) is -1.06. The molecule has 4 rings (SSSR count). The van der Waals surface area contributed by atoms with E-state index in [1.807, 2.05) is 0 Å². The van der Waals surface area contributed by atoms with Crippen LogP contribution < -0.4 is 15.0 Å². The van der Waals surface area contributed by atoms with Crippen LogP contribution in [0.5, 0.6) is 11.5 Å². The van der Waals surface area contributed by atoms with E-state index in [0.29, 0.717) is 21.5 Å². The van der Waals surface area contributed by atoms with Crippen molar-refractivity contribution in [2.45, 2.75) is 0 Å². The van der Waals surface area contributed by atoms with Crippen LogP contribution in [0.4, 0.5) is 11.4 Å². The molecule has 1 heterocycles. The Balaban J connectivity index is 1.68. The summed E-state index contributed by atoms with van der Waals surface area (Å²) in [7, 11) is 0. The number of carbonyl (C=O) groups excluding carboxylic acids is 2. The van der Waals surface area contributed by atoms with Gasteiger partial charge in [-0.2, -0.15) is 0 Å². The third-order valence-corrected chi connectivity index (χ3v) is 5.51. The van der Waals surface area contributed by atoms with Gasteiger partial charge in [0, 0.05) is 16.1 Å². The number of ether oxygens (including phenoxy) is 1. The third kappa shape index (κ3) is 4.91. The van der Waals surface area contributed by atoms with Gasteiger partial charge in [-0.05, 0) is 78.5 Å². The number of benzene rings is 3. The maximum absolute atomic E-state index is 13.1. The molecule has 1 aliphatic rings. The molecular formula is C23H13Cl2N3O5S. The fraction of sp³-hybridized carbons (Fsp3) is 0. The first-order valence-corrected chi connectivity index (χ1v) is 10.8. The minimum atomic E-state index is -0.718. The van der Waals surface area contributed by atoms with Crippen molar-refractivity contribution in [3.63, 3.8) is 0 Å². The fourth-order valence-corrected chi connectivity index (χ4v) is 3.66. The second-order valence-electron chi connectivity index (χ2n) is 6.97. The predicted octanol–water partition coefficient (Wildman–Crippen LogP) is 5.53. The molecule has 0 bridgehead atoms. The van der Waals surface area contributed by atoms with Crippen LogP contribution in [0.1, 0.15) is 5.56 Å². The summed E-state index contributed by atoms with van der Waals surface area (Å²) in [4.78, 5) is 37.8. The molecule has 1 aliphatic heterocycles. The maximum atomic E-state index is 13.1. The summed E-state index contributed by atoms with van der Waals surface area (Å²) in [6.07, 6.45) is 1.25. The normalized spacial score (nSPS) is 14.8. The lowest BCUT2D eigenvalue weighted by atomic mass is 10.1. The lowest BCUT2D eigenvalue weighted by Crippen LogP contribution is -2.54. The van der Waals surface area contributed by atoms with Gasteiger partial charge >= 0.3 is 5.69 Å². The summed E-state index contributed by atoms with van der Waals surface area (Å²) in [5, 5.41) is 15.0. The Hall–Kier alpha value is -3.79. The van der Waals surface area contributed by atoms with E-state index >= 15 is 0 Å². The van der Waals surface area contributed by atoms with E-state index in [9.17, 15) is 19.7 Å². The Morgan fingerprint density at radius 1 is 0.971 bits per heavy atom. The van der Waals surface area contributed by atoms with E-state index in [1.54, 1.807) is 48.5 Å². The number of hydrogen-bond acceptors (Lipinski definition) is 6. The minimum absolute atomic E-state index is 0.0159. The number of halogens is 2. The Morgan fingerprint density at radius 2 is 1.59 bits per heavy atom. The highest BCUT2D eigenvalue weighted by molar-refractivity contribution is 7.80. The number of thiocarbonyl (C=S) groups is 1. The van der Waals surface area contributed by atoms with E-state index in [2.05, 4.69) is 5.32 Å². The summed E-state index contributed by atoms with van der Waals surface area (Å²) in [6, 6.07) is 16.7. The highest BCUT2D eigenvalue weighted by Gasteiger charge is 2.34. The molecule has 0 aliphatic carbocycles. The van der Waals surface area contributed by atoms with Crippen molar-refractivity contribution in [2.75, 3.05) is 4.90 Å². The van der Waals surface area contributed by atoms with Gasteiger partial charge < -0.3 is 4.74 Å². The highest BCUT2D eigenvalue weighted by Crippen LogP contribution is 2.33. The van der Waals surface area contributed by atoms with Gasteiger partial charge in [0.15, 0.2) is 5.11 Å². The average Bonchev–Trinajstić information content (AvgIpc) is 2.80. The first-order valence-electron chi connectivity index (χ1n) is 9.62. The van der Waals surface area contributed by atoms with Crippen molar-refractivity contribution in [1.29, 1.82) is 0 Å². The second-order valence-corrected chi connectivity index (χ2v) is 8.23. The molecule has 3 aromatic rings. The minimum Gasteiger partial charge on any atom is -0.450 e. The van der Waals surface area contributed by atoms with Crippen LogP contribution >= 0.6 is 35.4 Å². The van der Waals surface area contributed by atoms with Crippen molar-refractivity contribution in [1.82, 2.24) is 5.32 Å². The smallest absolute Gasteiger partial charge is 0.312 e. The Morgan fingerprint density at radius 3 is 2.21 bits per heavy atom. The van der Waals surface area contributed by atoms with Crippen molar-refractivity contribution < 1.29 is 19.2 Å². The van der Waals surface area contributed by atoms with Crippen LogP contribution in [-0.4, -0.2) is 21.9 Å². The molecule has 170 valence electrons. The fourth-order valence-electron chi connectivity index (χ4n) is 3.13. The molecule has 1 saturated heterocycles.